The van der Waals surface area contributed by atoms with Gasteiger partial charge in [-0.25, -0.2) is 0 Å². The Balaban J connectivity index is 1.74. The minimum absolute atomic E-state index is 0.373. The van der Waals surface area contributed by atoms with E-state index in [0.29, 0.717) is 12.2 Å². The first-order valence-corrected chi connectivity index (χ1v) is 6.27. The molecule has 0 saturated carbocycles. The van der Waals surface area contributed by atoms with Crippen LogP contribution in [0.25, 0.3) is 0 Å². The van der Waals surface area contributed by atoms with Gasteiger partial charge in [0.05, 0.1) is 6.10 Å². The van der Waals surface area contributed by atoms with Gasteiger partial charge in [0.25, 0.3) is 0 Å². The first kappa shape index (κ1) is 12.5. The van der Waals surface area contributed by atoms with Crippen molar-refractivity contribution in [3.63, 3.8) is 0 Å². The average molecular weight is 208 g/mol. The van der Waals surface area contributed by atoms with E-state index in [1.807, 2.05) is 12.2 Å². The predicted molar refractivity (Wildman–Crippen MR) is 66.0 cm³/mol. The molecule has 1 heterocycles. The molecule has 0 aromatic carbocycles. The predicted octanol–water partition coefficient (Wildman–Crippen LogP) is 4.25. The molecule has 1 aliphatic heterocycles. The van der Waals surface area contributed by atoms with E-state index in [2.05, 4.69) is 13.2 Å². The van der Waals surface area contributed by atoms with Crippen LogP contribution in [0.2, 0.25) is 0 Å². The molecule has 1 fully saturated rings. The summed E-state index contributed by atoms with van der Waals surface area (Å²) < 4.78 is 5.40. The molecule has 0 unspecified atom stereocenters. The third-order valence-corrected chi connectivity index (χ3v) is 3.00. The summed E-state index contributed by atoms with van der Waals surface area (Å²) in [5.41, 5.74) is 0. The van der Waals surface area contributed by atoms with E-state index in [9.17, 15) is 0 Å². The van der Waals surface area contributed by atoms with Crippen LogP contribution in [0.3, 0.4) is 0 Å². The zero-order chi connectivity index (χ0) is 10.9. The van der Waals surface area contributed by atoms with Gasteiger partial charge in [-0.3, -0.25) is 0 Å². The number of allylic oxidation sites excluding steroid dienone is 1. The molecule has 1 aliphatic rings. The Morgan fingerprint density at radius 2 is 1.60 bits per heavy atom. The average Bonchev–Trinajstić information content (AvgIpc) is 3.01. The minimum atomic E-state index is 0.373. The van der Waals surface area contributed by atoms with Gasteiger partial charge in [0, 0.05) is 0 Å². The standard InChI is InChI=1S/C14H24O/c1-3-5-6-7-8-9-10-11-12-14-13(4-2)15-14/h3-4,13-14H,1-2,5-12H2/t13-,14-/m0/s1. The molecule has 0 aromatic heterocycles. The van der Waals surface area contributed by atoms with Crippen LogP contribution < -0.4 is 0 Å². The molecule has 1 saturated heterocycles. The number of hydrogen-bond acceptors (Lipinski definition) is 1. The van der Waals surface area contributed by atoms with E-state index in [-0.39, 0.29) is 0 Å². The highest BCUT2D eigenvalue weighted by Crippen LogP contribution is 2.28. The van der Waals surface area contributed by atoms with Crippen LogP contribution in [-0.4, -0.2) is 12.2 Å². The Morgan fingerprint density at radius 1 is 0.933 bits per heavy atom. The van der Waals surface area contributed by atoms with Crippen molar-refractivity contribution < 1.29 is 4.74 Å². The molecule has 1 heteroatoms. The van der Waals surface area contributed by atoms with Crippen molar-refractivity contribution in [3.05, 3.63) is 25.3 Å². The third-order valence-electron chi connectivity index (χ3n) is 3.00. The molecule has 0 bridgehead atoms. The molecule has 1 rings (SSSR count). The van der Waals surface area contributed by atoms with Crippen LogP contribution in [0.4, 0.5) is 0 Å². The molecular formula is C14H24O. The maximum atomic E-state index is 5.40. The maximum absolute atomic E-state index is 5.40. The van der Waals surface area contributed by atoms with Gasteiger partial charge in [0.15, 0.2) is 0 Å². The molecule has 0 amide bonds. The van der Waals surface area contributed by atoms with Gasteiger partial charge in [-0.1, -0.05) is 44.3 Å². The fraction of sp³-hybridized carbons (Fsp3) is 0.714. The van der Waals surface area contributed by atoms with Crippen molar-refractivity contribution in [1.82, 2.24) is 0 Å². The highest BCUT2D eigenvalue weighted by Gasteiger charge is 2.34. The molecule has 0 spiro atoms. The Morgan fingerprint density at radius 3 is 2.20 bits per heavy atom. The van der Waals surface area contributed by atoms with E-state index >= 15 is 0 Å². The second-order valence-corrected chi connectivity index (χ2v) is 4.36. The maximum Gasteiger partial charge on any atom is 0.102 e. The Labute approximate surface area is 94.2 Å². The van der Waals surface area contributed by atoms with Crippen LogP contribution in [0, 0.1) is 0 Å². The van der Waals surface area contributed by atoms with E-state index in [1.54, 1.807) is 0 Å². The van der Waals surface area contributed by atoms with Crippen LogP contribution >= 0.6 is 0 Å². The van der Waals surface area contributed by atoms with Gasteiger partial charge >= 0.3 is 0 Å². The molecule has 15 heavy (non-hydrogen) atoms. The normalized spacial score (nSPS) is 23.7. The van der Waals surface area contributed by atoms with Crippen LogP contribution in [-0.2, 0) is 4.74 Å². The van der Waals surface area contributed by atoms with Crippen LogP contribution in [0.15, 0.2) is 25.3 Å². The zero-order valence-electron chi connectivity index (χ0n) is 9.79. The first-order valence-electron chi connectivity index (χ1n) is 6.27. The number of rotatable bonds is 10. The molecule has 1 nitrogen and oxygen atoms in total. The second-order valence-electron chi connectivity index (χ2n) is 4.36. The van der Waals surface area contributed by atoms with Crippen LogP contribution in [0.1, 0.15) is 51.4 Å². The molecule has 2 atom stereocenters. The van der Waals surface area contributed by atoms with Gasteiger partial charge in [0.1, 0.15) is 6.10 Å². The summed E-state index contributed by atoms with van der Waals surface area (Å²) in [7, 11) is 0. The van der Waals surface area contributed by atoms with Crippen LogP contribution in [0.5, 0.6) is 0 Å². The molecule has 86 valence electrons. The minimum Gasteiger partial charge on any atom is -0.365 e. The molecule has 0 radical (unpaired) electrons. The lowest BCUT2D eigenvalue weighted by molar-refractivity contribution is 0.372. The van der Waals surface area contributed by atoms with Gasteiger partial charge < -0.3 is 4.74 Å². The third kappa shape index (κ3) is 5.78. The summed E-state index contributed by atoms with van der Waals surface area (Å²) in [5.74, 6) is 0. The quantitative estimate of drug-likeness (QED) is 0.297. The summed E-state index contributed by atoms with van der Waals surface area (Å²) >= 11 is 0. The van der Waals surface area contributed by atoms with Gasteiger partial charge in [-0.2, -0.15) is 0 Å². The Hall–Kier alpha value is -0.560. The summed E-state index contributed by atoms with van der Waals surface area (Å²) in [6, 6.07) is 0. The smallest absolute Gasteiger partial charge is 0.102 e. The van der Waals surface area contributed by atoms with Gasteiger partial charge in [-0.15, -0.1) is 13.2 Å². The lowest BCUT2D eigenvalue weighted by Gasteiger charge is -1.99. The summed E-state index contributed by atoms with van der Waals surface area (Å²) in [5, 5.41) is 0. The highest BCUT2D eigenvalue weighted by atomic mass is 16.6. The summed E-state index contributed by atoms with van der Waals surface area (Å²) in [4.78, 5) is 0. The van der Waals surface area contributed by atoms with E-state index in [1.165, 1.54) is 51.4 Å². The number of hydrogen-bond donors (Lipinski definition) is 0. The van der Waals surface area contributed by atoms with Crippen molar-refractivity contribution in [2.45, 2.75) is 63.6 Å². The topological polar surface area (TPSA) is 12.5 Å². The summed E-state index contributed by atoms with van der Waals surface area (Å²) in [6.07, 6.45) is 15.3. The molecule has 0 N–H and O–H groups in total. The Bertz CT molecular complexity index is 186. The molecule has 0 aromatic rings. The highest BCUT2D eigenvalue weighted by molar-refractivity contribution is 4.97. The van der Waals surface area contributed by atoms with E-state index in [0.717, 1.165) is 0 Å². The van der Waals surface area contributed by atoms with E-state index < -0.39 is 0 Å². The first-order chi connectivity index (χ1) is 7.38. The summed E-state index contributed by atoms with van der Waals surface area (Å²) in [6.45, 7) is 7.45. The fourth-order valence-electron chi connectivity index (χ4n) is 1.94. The van der Waals surface area contributed by atoms with E-state index in [4.69, 9.17) is 4.74 Å². The second kappa shape index (κ2) is 7.70. The van der Waals surface area contributed by atoms with Crippen molar-refractivity contribution in [3.8, 4) is 0 Å². The fourth-order valence-corrected chi connectivity index (χ4v) is 1.94. The van der Waals surface area contributed by atoms with Crippen molar-refractivity contribution >= 4 is 0 Å². The van der Waals surface area contributed by atoms with Gasteiger partial charge in [0.2, 0.25) is 0 Å². The van der Waals surface area contributed by atoms with Gasteiger partial charge in [-0.05, 0) is 19.3 Å². The monoisotopic (exact) mass is 208 g/mol. The largest absolute Gasteiger partial charge is 0.365 e. The SMILES string of the molecule is C=CCCCCCCCC[C@@H]1O[C@H]1C=C. The lowest BCUT2D eigenvalue weighted by atomic mass is 10.1. The lowest BCUT2D eigenvalue weighted by Crippen LogP contribution is -1.90. The Kier molecular flexibility index (Phi) is 6.42. The van der Waals surface area contributed by atoms with Crippen molar-refractivity contribution in [1.29, 1.82) is 0 Å². The number of epoxide rings is 1. The zero-order valence-corrected chi connectivity index (χ0v) is 9.79. The molecule has 0 aliphatic carbocycles. The van der Waals surface area contributed by atoms with Crippen molar-refractivity contribution in [2.75, 3.05) is 0 Å². The number of ether oxygens (including phenoxy) is 1. The number of unbranched alkanes of at least 4 members (excludes halogenated alkanes) is 6. The van der Waals surface area contributed by atoms with Crippen molar-refractivity contribution in [2.24, 2.45) is 0 Å². The molecular weight excluding hydrogens is 184 g/mol.